The minimum atomic E-state index is -3.46. The van der Waals surface area contributed by atoms with Gasteiger partial charge in [-0.3, -0.25) is 0 Å². The van der Waals surface area contributed by atoms with Crippen molar-refractivity contribution in [1.29, 1.82) is 0 Å². The number of aryl methyl sites for hydroxylation is 1. The van der Waals surface area contributed by atoms with Crippen LogP contribution >= 0.6 is 11.6 Å². The average Bonchev–Trinajstić information content (AvgIpc) is 2.61. The van der Waals surface area contributed by atoms with Crippen LogP contribution in [0.1, 0.15) is 19.2 Å². The van der Waals surface area contributed by atoms with E-state index >= 15 is 0 Å². The van der Waals surface area contributed by atoms with Crippen molar-refractivity contribution in [1.82, 2.24) is 14.3 Å². The zero-order chi connectivity index (χ0) is 12.3. The molecule has 0 aliphatic heterocycles. The number of hydrogen-bond acceptors (Lipinski definition) is 3. The summed E-state index contributed by atoms with van der Waals surface area (Å²) in [5.41, 5.74) is 0. The van der Waals surface area contributed by atoms with E-state index in [1.54, 1.807) is 6.92 Å². The van der Waals surface area contributed by atoms with Crippen molar-refractivity contribution in [2.45, 2.75) is 30.7 Å². The van der Waals surface area contributed by atoms with Crippen LogP contribution in [-0.4, -0.2) is 41.7 Å². The third-order valence-electron chi connectivity index (χ3n) is 2.21. The van der Waals surface area contributed by atoms with Gasteiger partial charge in [-0.1, -0.05) is 0 Å². The molecule has 92 valence electrons. The van der Waals surface area contributed by atoms with Gasteiger partial charge >= 0.3 is 0 Å². The average molecular weight is 266 g/mol. The molecule has 0 aliphatic rings. The van der Waals surface area contributed by atoms with Crippen LogP contribution in [0.15, 0.2) is 11.2 Å². The van der Waals surface area contributed by atoms with Crippen molar-refractivity contribution < 1.29 is 8.42 Å². The molecular weight excluding hydrogens is 250 g/mol. The van der Waals surface area contributed by atoms with Crippen molar-refractivity contribution >= 4 is 21.6 Å². The Bertz CT molecular complexity index is 441. The summed E-state index contributed by atoms with van der Waals surface area (Å²) in [6.45, 7) is 3.94. The molecule has 0 aromatic carbocycles. The van der Waals surface area contributed by atoms with Gasteiger partial charge in [0.25, 0.3) is 10.0 Å². The molecular formula is C9H16ClN3O2S. The number of nitrogens with one attached hydrogen (secondary N) is 1. The van der Waals surface area contributed by atoms with Crippen LogP contribution in [0.25, 0.3) is 0 Å². The molecule has 0 radical (unpaired) electrons. The summed E-state index contributed by atoms with van der Waals surface area (Å²) in [7, 11) is -1.92. The van der Waals surface area contributed by atoms with Crippen LogP contribution < -0.4 is 0 Å². The predicted molar refractivity (Wildman–Crippen MR) is 63.1 cm³/mol. The molecule has 1 aromatic rings. The molecule has 0 aliphatic carbocycles. The molecule has 1 N–H and O–H groups in total. The zero-order valence-corrected chi connectivity index (χ0v) is 11.1. The lowest BCUT2D eigenvalue weighted by molar-refractivity contribution is 0.458. The van der Waals surface area contributed by atoms with Crippen LogP contribution in [0.4, 0.5) is 0 Å². The number of alkyl halides is 1. The topological polar surface area (TPSA) is 66.1 Å². The van der Waals surface area contributed by atoms with Crippen molar-refractivity contribution in [3.05, 3.63) is 12.0 Å². The molecule has 1 heterocycles. The summed E-state index contributed by atoms with van der Waals surface area (Å²) >= 11 is 5.78. The van der Waals surface area contributed by atoms with E-state index in [0.29, 0.717) is 18.8 Å². The fourth-order valence-corrected chi connectivity index (χ4v) is 2.42. The Kier molecular flexibility index (Phi) is 4.35. The summed E-state index contributed by atoms with van der Waals surface area (Å²) in [6.07, 6.45) is 1.94. The molecule has 0 bridgehead atoms. The number of H-pyrrole nitrogens is 1. The molecule has 0 amide bonds. The third kappa shape index (κ3) is 3.20. The Hall–Kier alpha value is -0.590. The van der Waals surface area contributed by atoms with Gasteiger partial charge in [0.05, 0.1) is 6.20 Å². The van der Waals surface area contributed by atoms with Crippen molar-refractivity contribution in [2.75, 3.05) is 13.6 Å². The van der Waals surface area contributed by atoms with Crippen LogP contribution in [0.3, 0.4) is 0 Å². The highest BCUT2D eigenvalue weighted by Crippen LogP contribution is 2.13. The Morgan fingerprint density at radius 2 is 2.25 bits per heavy atom. The monoisotopic (exact) mass is 265 g/mol. The molecule has 1 unspecified atom stereocenters. The van der Waals surface area contributed by atoms with E-state index in [2.05, 4.69) is 9.97 Å². The van der Waals surface area contributed by atoms with Gasteiger partial charge in [0, 0.05) is 19.0 Å². The first-order valence-electron chi connectivity index (χ1n) is 4.96. The van der Waals surface area contributed by atoms with E-state index in [1.165, 1.54) is 17.5 Å². The molecule has 0 fully saturated rings. The summed E-state index contributed by atoms with van der Waals surface area (Å²) < 4.78 is 25.2. The number of rotatable bonds is 5. The molecule has 0 saturated carbocycles. The number of aromatic nitrogens is 2. The second-order valence-electron chi connectivity index (χ2n) is 3.73. The van der Waals surface area contributed by atoms with Crippen molar-refractivity contribution in [3.8, 4) is 0 Å². The van der Waals surface area contributed by atoms with E-state index in [1.807, 2.05) is 6.92 Å². The summed E-state index contributed by atoms with van der Waals surface area (Å²) in [4.78, 5) is 6.58. The normalized spacial score (nSPS) is 14.3. The quantitative estimate of drug-likeness (QED) is 0.818. The zero-order valence-electron chi connectivity index (χ0n) is 9.57. The lowest BCUT2D eigenvalue weighted by atomic mass is 10.3. The molecule has 16 heavy (non-hydrogen) atoms. The summed E-state index contributed by atoms with van der Waals surface area (Å²) in [5.74, 6) is 0.581. The highest BCUT2D eigenvalue weighted by Gasteiger charge is 2.22. The van der Waals surface area contributed by atoms with Crippen LogP contribution in [0.2, 0.25) is 0 Å². The largest absolute Gasteiger partial charge is 0.332 e. The fraction of sp³-hybridized carbons (Fsp3) is 0.667. The molecule has 1 aromatic heterocycles. The van der Waals surface area contributed by atoms with Crippen LogP contribution in [0.5, 0.6) is 0 Å². The van der Waals surface area contributed by atoms with E-state index in [-0.39, 0.29) is 10.4 Å². The highest BCUT2D eigenvalue weighted by molar-refractivity contribution is 7.89. The summed E-state index contributed by atoms with van der Waals surface area (Å²) in [6, 6.07) is 0. The van der Waals surface area contributed by atoms with E-state index in [0.717, 1.165) is 0 Å². The molecule has 0 saturated heterocycles. The standard InChI is InChI=1S/C9H16ClN3O2S/c1-7(10)4-5-13(3)16(14,15)9-6-11-8(2)12-9/h6-7H,4-5H2,1-3H3,(H,11,12). The molecule has 7 heteroatoms. The van der Waals surface area contributed by atoms with Gasteiger partial charge in [-0.2, -0.15) is 4.31 Å². The Labute approximate surface area is 101 Å². The second kappa shape index (κ2) is 5.16. The van der Waals surface area contributed by atoms with E-state index < -0.39 is 10.0 Å². The number of sulfonamides is 1. The maximum absolute atomic E-state index is 12.0. The highest BCUT2D eigenvalue weighted by atomic mass is 35.5. The number of nitrogens with zero attached hydrogens (tertiary/aromatic N) is 2. The predicted octanol–water partition coefficient (Wildman–Crippen LogP) is 1.36. The minimum Gasteiger partial charge on any atom is -0.332 e. The van der Waals surface area contributed by atoms with Gasteiger partial charge in [0.15, 0.2) is 5.03 Å². The smallest absolute Gasteiger partial charge is 0.259 e. The first-order valence-corrected chi connectivity index (χ1v) is 6.83. The van der Waals surface area contributed by atoms with Crippen molar-refractivity contribution in [3.63, 3.8) is 0 Å². The number of imidazole rings is 1. The molecule has 1 atom stereocenters. The van der Waals surface area contributed by atoms with Crippen LogP contribution in [0, 0.1) is 6.92 Å². The fourth-order valence-electron chi connectivity index (χ4n) is 1.18. The first-order chi connectivity index (χ1) is 7.34. The maximum Gasteiger partial charge on any atom is 0.259 e. The lowest BCUT2D eigenvalue weighted by Gasteiger charge is -2.16. The van der Waals surface area contributed by atoms with Gasteiger partial charge in [-0.05, 0) is 20.3 Å². The number of hydrogen-bond donors (Lipinski definition) is 1. The van der Waals surface area contributed by atoms with Crippen LogP contribution in [-0.2, 0) is 10.0 Å². The second-order valence-corrected chi connectivity index (χ2v) is 6.49. The summed E-state index contributed by atoms with van der Waals surface area (Å²) in [5, 5.41) is 0.0795. The number of aromatic amines is 1. The van der Waals surface area contributed by atoms with Gasteiger partial charge < -0.3 is 4.98 Å². The number of halogens is 1. The van der Waals surface area contributed by atoms with Crippen molar-refractivity contribution in [2.24, 2.45) is 0 Å². The molecule has 0 spiro atoms. The minimum absolute atomic E-state index is 0.0406. The van der Waals surface area contributed by atoms with Gasteiger partial charge in [-0.25, -0.2) is 13.4 Å². The van der Waals surface area contributed by atoms with Gasteiger partial charge in [0.2, 0.25) is 0 Å². The van der Waals surface area contributed by atoms with Gasteiger partial charge in [0.1, 0.15) is 5.82 Å². The Morgan fingerprint density at radius 1 is 1.62 bits per heavy atom. The molecule has 1 rings (SSSR count). The maximum atomic E-state index is 12.0. The Morgan fingerprint density at radius 3 is 2.69 bits per heavy atom. The van der Waals surface area contributed by atoms with E-state index in [9.17, 15) is 8.42 Å². The SMILES string of the molecule is Cc1ncc(S(=O)(=O)N(C)CCC(C)Cl)[nH]1. The first kappa shape index (κ1) is 13.5. The Balaban J connectivity index is 2.78. The van der Waals surface area contributed by atoms with E-state index in [4.69, 9.17) is 11.6 Å². The third-order valence-corrected chi connectivity index (χ3v) is 4.19. The molecule has 5 nitrogen and oxygen atoms in total. The lowest BCUT2D eigenvalue weighted by Crippen LogP contribution is -2.29. The van der Waals surface area contributed by atoms with Gasteiger partial charge in [-0.15, -0.1) is 11.6 Å².